The lowest BCUT2D eigenvalue weighted by molar-refractivity contribution is -0.143. The van der Waals surface area contributed by atoms with E-state index in [4.69, 9.17) is 5.11 Å². The smallest absolute Gasteiger partial charge is 0.419 e. The van der Waals surface area contributed by atoms with Crippen LogP contribution < -0.4 is 5.32 Å². The first kappa shape index (κ1) is 27.6. The molecule has 2 saturated heterocycles. The lowest BCUT2D eigenvalue weighted by Gasteiger charge is -2.36. The summed E-state index contributed by atoms with van der Waals surface area (Å²) in [5.74, 6) is -0.871. The van der Waals surface area contributed by atoms with E-state index in [1.54, 1.807) is 26.0 Å². The monoisotopic (exact) mass is 543 g/mol. The predicted molar refractivity (Wildman–Crippen MR) is 132 cm³/mol. The number of piperidine rings is 2. The van der Waals surface area contributed by atoms with E-state index in [2.05, 4.69) is 29.0 Å². The summed E-state index contributed by atoms with van der Waals surface area (Å²) < 4.78 is 46.9. The van der Waals surface area contributed by atoms with Gasteiger partial charge in [0.15, 0.2) is 0 Å². The highest BCUT2D eigenvalue weighted by molar-refractivity contribution is 7.94. The Morgan fingerprint density at radius 1 is 1.11 bits per heavy atom. The van der Waals surface area contributed by atoms with Gasteiger partial charge in [-0.3, -0.25) is 9.48 Å². The third kappa shape index (κ3) is 7.55. The van der Waals surface area contributed by atoms with Crippen LogP contribution in [0.2, 0.25) is 0 Å². The fourth-order valence-electron chi connectivity index (χ4n) is 4.46. The minimum absolute atomic E-state index is 0.0112. The van der Waals surface area contributed by atoms with Crippen molar-refractivity contribution in [3.63, 3.8) is 0 Å². The second kappa shape index (κ2) is 11.1. The van der Waals surface area contributed by atoms with Crippen LogP contribution in [0, 0.1) is 5.92 Å². The quantitative estimate of drug-likeness (QED) is 0.428. The molecule has 0 saturated carbocycles. The molecule has 4 rings (SSSR count). The van der Waals surface area contributed by atoms with Crippen LogP contribution in [-0.2, 0) is 17.5 Å². The van der Waals surface area contributed by atoms with Gasteiger partial charge in [0.25, 0.3) is 0 Å². The van der Waals surface area contributed by atoms with Gasteiger partial charge in [0.2, 0.25) is 5.95 Å². The maximum atomic E-state index is 13.7. The Kier molecular flexibility index (Phi) is 8.31. The fourth-order valence-corrected chi connectivity index (χ4v) is 5.53. The number of nitrogens with one attached hydrogen (secondary N) is 1. The zero-order valence-corrected chi connectivity index (χ0v) is 21.6. The summed E-state index contributed by atoms with van der Waals surface area (Å²) >= 11 is 1.64. The Balaban J connectivity index is 1.37. The van der Waals surface area contributed by atoms with E-state index < -0.39 is 23.3 Å². The lowest BCUT2D eigenvalue weighted by atomic mass is 9.99. The van der Waals surface area contributed by atoms with Crippen molar-refractivity contribution in [2.24, 2.45) is 5.92 Å². The molecule has 0 unspecified atom stereocenters. The van der Waals surface area contributed by atoms with E-state index in [1.165, 1.54) is 17.1 Å². The fraction of sp³-hybridized carbons (Fsp3) is 0.652. The molecule has 3 N–H and O–H groups in total. The molecule has 4 heterocycles. The molecule has 14 heteroatoms. The molecular formula is C23H32F3N7O3S. The molecule has 0 spiro atoms. The van der Waals surface area contributed by atoms with Gasteiger partial charge in [-0.05, 0) is 39.5 Å². The highest BCUT2D eigenvalue weighted by Gasteiger charge is 2.36. The van der Waals surface area contributed by atoms with Crippen molar-refractivity contribution in [2.75, 3.05) is 31.5 Å². The summed E-state index contributed by atoms with van der Waals surface area (Å²) in [6.07, 6.45) is 1.73. The molecule has 0 amide bonds. The van der Waals surface area contributed by atoms with Gasteiger partial charge in [-0.15, -0.1) is 0 Å². The van der Waals surface area contributed by atoms with Crippen molar-refractivity contribution < 1.29 is 28.2 Å². The Morgan fingerprint density at radius 3 is 2.30 bits per heavy atom. The Bertz CT molecular complexity index is 1080. The maximum Gasteiger partial charge on any atom is 0.419 e. The maximum absolute atomic E-state index is 13.7. The topological polar surface area (TPSA) is 120 Å². The average molecular weight is 544 g/mol. The third-order valence-corrected chi connectivity index (χ3v) is 7.56. The molecule has 2 aromatic rings. The van der Waals surface area contributed by atoms with Gasteiger partial charge in [0, 0.05) is 62.3 Å². The molecular weight excluding hydrogens is 511 g/mol. The van der Waals surface area contributed by atoms with Gasteiger partial charge >= 0.3 is 12.1 Å². The first-order chi connectivity index (χ1) is 17.4. The van der Waals surface area contributed by atoms with Crippen molar-refractivity contribution in [3.05, 3.63) is 24.2 Å². The predicted octanol–water partition coefficient (Wildman–Crippen LogP) is 3.37. The van der Waals surface area contributed by atoms with Crippen molar-refractivity contribution in [2.45, 2.75) is 63.9 Å². The Labute approximate surface area is 217 Å². The van der Waals surface area contributed by atoms with Crippen LogP contribution in [0.25, 0.3) is 11.3 Å². The number of carboxylic acid groups (broad SMARTS) is 1. The van der Waals surface area contributed by atoms with Gasteiger partial charge in [-0.25, -0.2) is 18.6 Å². The van der Waals surface area contributed by atoms with Gasteiger partial charge in [-0.1, -0.05) is 0 Å². The number of aliphatic hydroxyl groups is 1. The van der Waals surface area contributed by atoms with Crippen LogP contribution in [0.1, 0.15) is 45.1 Å². The van der Waals surface area contributed by atoms with Crippen LogP contribution in [0.3, 0.4) is 0 Å². The molecule has 204 valence electrons. The van der Waals surface area contributed by atoms with Crippen molar-refractivity contribution >= 4 is 24.1 Å². The Morgan fingerprint density at radius 2 is 1.73 bits per heavy atom. The molecule has 0 radical (unpaired) electrons. The number of alkyl halides is 3. The van der Waals surface area contributed by atoms with Crippen LogP contribution in [0.15, 0.2) is 18.6 Å². The standard InChI is InChI=1S/C23H32F3N7O3S/c1-22(2,36)14-31-13-16(11-28-31)19-18(23(24,25)26)12-27-21(30-19)29-17-5-9-33(10-6-17)37-32-7-3-15(4-8-32)20(34)35/h11-13,15,17,36H,3-10,14H2,1-2H3,(H,34,35)(H,27,29,30). The van der Waals surface area contributed by atoms with Crippen LogP contribution in [0.5, 0.6) is 0 Å². The van der Waals surface area contributed by atoms with Crippen LogP contribution in [-0.4, -0.2) is 82.4 Å². The van der Waals surface area contributed by atoms with Crippen molar-refractivity contribution in [1.82, 2.24) is 28.4 Å². The molecule has 2 aliphatic heterocycles. The molecule has 2 aliphatic rings. The summed E-state index contributed by atoms with van der Waals surface area (Å²) in [5.41, 5.74) is -2.08. The van der Waals surface area contributed by atoms with Gasteiger partial charge in [0.05, 0.1) is 30.0 Å². The minimum atomic E-state index is -4.63. The number of carboxylic acids is 1. The SMILES string of the molecule is CC(C)(O)Cn1cc(-c2nc(NC3CCN(SN4CCC(C(=O)O)CC4)CC3)ncc2C(F)(F)F)cn1. The van der Waals surface area contributed by atoms with Crippen molar-refractivity contribution in [1.29, 1.82) is 0 Å². The molecule has 2 fully saturated rings. The van der Waals surface area contributed by atoms with Gasteiger partial charge in [0.1, 0.15) is 5.56 Å². The van der Waals surface area contributed by atoms with E-state index in [0.717, 1.165) is 45.2 Å². The largest absolute Gasteiger partial charge is 0.481 e. The normalized spacial score (nSPS) is 19.3. The Hall–Kier alpha value is -2.42. The molecule has 2 aromatic heterocycles. The minimum Gasteiger partial charge on any atom is -0.481 e. The number of carbonyl (C=O) groups is 1. The highest BCUT2D eigenvalue weighted by atomic mass is 32.2. The summed E-state index contributed by atoms with van der Waals surface area (Å²) in [5, 5.41) is 26.4. The number of aromatic nitrogens is 4. The number of hydrogen-bond acceptors (Lipinski definition) is 9. The van der Waals surface area contributed by atoms with E-state index in [1.807, 2.05) is 0 Å². The zero-order valence-electron chi connectivity index (χ0n) is 20.8. The lowest BCUT2D eigenvalue weighted by Crippen LogP contribution is -2.40. The summed E-state index contributed by atoms with van der Waals surface area (Å²) in [7, 11) is 0. The zero-order chi connectivity index (χ0) is 26.8. The third-order valence-electron chi connectivity index (χ3n) is 6.37. The van der Waals surface area contributed by atoms with Crippen LogP contribution in [0.4, 0.5) is 19.1 Å². The molecule has 0 bridgehead atoms. The molecule has 0 aliphatic carbocycles. The molecule has 0 aromatic carbocycles. The van der Waals surface area contributed by atoms with E-state index >= 15 is 0 Å². The number of halogens is 3. The van der Waals surface area contributed by atoms with E-state index in [0.29, 0.717) is 12.8 Å². The second-order valence-electron chi connectivity index (χ2n) is 10.2. The number of anilines is 1. The first-order valence-electron chi connectivity index (χ1n) is 12.2. The summed E-state index contributed by atoms with van der Waals surface area (Å²) in [4.78, 5) is 19.3. The summed E-state index contributed by atoms with van der Waals surface area (Å²) in [6.45, 7) is 6.32. The molecule has 37 heavy (non-hydrogen) atoms. The highest BCUT2D eigenvalue weighted by Crippen LogP contribution is 2.36. The van der Waals surface area contributed by atoms with Gasteiger partial charge in [-0.2, -0.15) is 18.3 Å². The summed E-state index contributed by atoms with van der Waals surface area (Å²) in [6, 6.07) is 0.0112. The van der Waals surface area contributed by atoms with E-state index in [9.17, 15) is 23.1 Å². The van der Waals surface area contributed by atoms with Crippen LogP contribution >= 0.6 is 12.1 Å². The molecule has 0 atom stereocenters. The second-order valence-corrected chi connectivity index (χ2v) is 11.4. The number of nitrogens with zero attached hydrogens (tertiary/aromatic N) is 6. The number of rotatable bonds is 8. The first-order valence-corrected chi connectivity index (χ1v) is 13.0. The molecule has 10 nitrogen and oxygen atoms in total. The number of aliphatic carboxylic acids is 1. The van der Waals surface area contributed by atoms with Gasteiger partial charge < -0.3 is 15.5 Å². The average Bonchev–Trinajstić information content (AvgIpc) is 3.27. The van der Waals surface area contributed by atoms with E-state index in [-0.39, 0.29) is 35.7 Å². The number of hydrogen-bond donors (Lipinski definition) is 3. The van der Waals surface area contributed by atoms with Crippen molar-refractivity contribution in [3.8, 4) is 11.3 Å².